The van der Waals surface area contributed by atoms with Crippen molar-refractivity contribution in [3.8, 4) is 0 Å². The van der Waals surface area contributed by atoms with E-state index in [2.05, 4.69) is 15.6 Å². The van der Waals surface area contributed by atoms with Crippen molar-refractivity contribution in [1.29, 1.82) is 0 Å². The molecule has 0 atom stereocenters. The molecule has 0 radical (unpaired) electrons. The highest BCUT2D eigenvalue weighted by atomic mass is 35.5. The van der Waals surface area contributed by atoms with E-state index in [4.69, 9.17) is 11.6 Å². The molecule has 31 heavy (non-hydrogen) atoms. The topological polar surface area (TPSA) is 75.5 Å². The van der Waals surface area contributed by atoms with E-state index in [9.17, 15) is 14.0 Å². The number of aromatic nitrogens is 2. The molecule has 2 aromatic heterocycles. The Balaban J connectivity index is 1.46. The van der Waals surface area contributed by atoms with Gasteiger partial charge in [-0.25, -0.2) is 14.2 Å². The Morgan fingerprint density at radius 1 is 1.06 bits per heavy atom. The molecule has 2 N–H and O–H groups in total. The van der Waals surface area contributed by atoms with Gasteiger partial charge < -0.3 is 10.6 Å². The molecule has 0 spiro atoms. The lowest BCUT2D eigenvalue weighted by atomic mass is 10.3. The minimum absolute atomic E-state index is 0.0763. The molecular formula is C22H16ClFN4O2S. The van der Waals surface area contributed by atoms with Crippen molar-refractivity contribution in [2.75, 3.05) is 10.6 Å². The summed E-state index contributed by atoms with van der Waals surface area (Å²) in [6.07, 6.45) is 1.67. The molecule has 0 aliphatic carbocycles. The van der Waals surface area contributed by atoms with Crippen LogP contribution in [0.3, 0.4) is 0 Å². The van der Waals surface area contributed by atoms with E-state index < -0.39 is 11.8 Å². The fourth-order valence-electron chi connectivity index (χ4n) is 2.88. The summed E-state index contributed by atoms with van der Waals surface area (Å²) < 4.78 is 14.8. The number of halogens is 2. The second-order valence-corrected chi connectivity index (χ2v) is 7.93. The number of pyridine rings is 1. The molecule has 0 saturated carbocycles. The first kappa shape index (κ1) is 20.9. The molecule has 0 saturated heterocycles. The van der Waals surface area contributed by atoms with Crippen LogP contribution < -0.4 is 16.2 Å². The van der Waals surface area contributed by atoms with Crippen LogP contribution in [-0.2, 0) is 5.75 Å². The number of carbonyl (C=O) groups excluding carboxylic acids is 1. The first-order valence-electron chi connectivity index (χ1n) is 9.22. The molecule has 9 heteroatoms. The minimum Gasteiger partial charge on any atom is -0.308 e. The van der Waals surface area contributed by atoms with Gasteiger partial charge in [-0.3, -0.25) is 9.20 Å². The van der Waals surface area contributed by atoms with E-state index in [1.807, 2.05) is 18.2 Å². The molecule has 4 aromatic rings. The maximum atomic E-state index is 13.3. The number of hydrogen-bond donors (Lipinski definition) is 2. The van der Waals surface area contributed by atoms with E-state index >= 15 is 0 Å². The number of benzene rings is 2. The Labute approximate surface area is 186 Å². The van der Waals surface area contributed by atoms with Gasteiger partial charge in [-0.05, 0) is 42.5 Å². The van der Waals surface area contributed by atoms with Crippen LogP contribution >= 0.6 is 23.4 Å². The minimum atomic E-state index is -0.559. The van der Waals surface area contributed by atoms with E-state index in [0.717, 1.165) is 4.90 Å². The zero-order valence-corrected chi connectivity index (χ0v) is 17.6. The maximum Gasteiger partial charge on any atom is 0.323 e. The Morgan fingerprint density at radius 2 is 1.87 bits per heavy atom. The van der Waals surface area contributed by atoms with Crippen LogP contribution in [0.15, 0.2) is 82.6 Å². The van der Waals surface area contributed by atoms with Gasteiger partial charge >= 0.3 is 6.03 Å². The Kier molecular flexibility index (Phi) is 6.20. The third-order valence-electron chi connectivity index (χ3n) is 4.31. The molecule has 0 bridgehead atoms. The summed E-state index contributed by atoms with van der Waals surface area (Å²) in [5, 5.41) is 5.32. The van der Waals surface area contributed by atoms with E-state index in [1.54, 1.807) is 30.5 Å². The number of thioether (sulfide) groups is 1. The van der Waals surface area contributed by atoms with Gasteiger partial charge in [0.25, 0.3) is 5.56 Å². The van der Waals surface area contributed by atoms with Crippen LogP contribution in [-0.4, -0.2) is 15.4 Å². The molecule has 2 aromatic carbocycles. The number of carbonyl (C=O) groups is 1. The van der Waals surface area contributed by atoms with Crippen molar-refractivity contribution in [2.45, 2.75) is 10.6 Å². The molecule has 4 rings (SSSR count). The molecule has 0 fully saturated rings. The van der Waals surface area contributed by atoms with E-state index in [0.29, 0.717) is 28.5 Å². The van der Waals surface area contributed by atoms with E-state index in [1.165, 1.54) is 40.4 Å². The quantitative estimate of drug-likeness (QED) is 0.395. The average molecular weight is 455 g/mol. The summed E-state index contributed by atoms with van der Waals surface area (Å²) >= 11 is 7.20. The standard InChI is InChI=1S/C22H16ClFN4O2S/c23-16-11-14(8-9-17(16)24)26-22(30)27-18-5-1-2-6-19(18)31-13-15-12-21(29)28-10-4-3-7-20(28)25-15/h1-12H,13H2,(H2,26,27,30). The highest BCUT2D eigenvalue weighted by Crippen LogP contribution is 2.29. The van der Waals surface area contributed by atoms with Crippen LogP contribution in [0, 0.1) is 5.82 Å². The Hall–Kier alpha value is -3.36. The molecule has 0 aliphatic heterocycles. The first-order chi connectivity index (χ1) is 15.0. The van der Waals surface area contributed by atoms with Crippen LogP contribution in [0.4, 0.5) is 20.6 Å². The molecule has 2 heterocycles. The van der Waals surface area contributed by atoms with Gasteiger partial charge in [-0.15, -0.1) is 11.8 Å². The van der Waals surface area contributed by atoms with E-state index in [-0.39, 0.29) is 10.6 Å². The monoisotopic (exact) mass is 454 g/mol. The van der Waals surface area contributed by atoms with Crippen molar-refractivity contribution in [1.82, 2.24) is 9.38 Å². The lowest BCUT2D eigenvalue weighted by Crippen LogP contribution is -2.19. The fraction of sp³-hybridized carbons (Fsp3) is 0.0455. The van der Waals surface area contributed by atoms with Crippen molar-refractivity contribution in [3.05, 3.63) is 99.8 Å². The molecule has 2 amide bonds. The number of amides is 2. The zero-order valence-electron chi connectivity index (χ0n) is 16.0. The van der Waals surface area contributed by atoms with Gasteiger partial charge in [-0.1, -0.05) is 29.8 Å². The number of nitrogens with zero attached hydrogens (tertiary/aromatic N) is 2. The summed E-state index contributed by atoms with van der Waals surface area (Å²) in [6, 6.07) is 17.6. The third-order valence-corrected chi connectivity index (χ3v) is 5.71. The van der Waals surface area contributed by atoms with Crippen molar-refractivity contribution in [2.24, 2.45) is 0 Å². The number of anilines is 2. The van der Waals surface area contributed by atoms with Gasteiger partial charge in [0.05, 0.1) is 16.4 Å². The van der Waals surface area contributed by atoms with Crippen LogP contribution in [0.5, 0.6) is 0 Å². The molecule has 0 unspecified atom stereocenters. The van der Waals surface area contributed by atoms with Crippen molar-refractivity contribution < 1.29 is 9.18 Å². The lowest BCUT2D eigenvalue weighted by Gasteiger charge is -2.12. The number of urea groups is 1. The van der Waals surface area contributed by atoms with Gasteiger partial charge in [0.1, 0.15) is 11.5 Å². The number of nitrogens with one attached hydrogen (secondary N) is 2. The number of fused-ring (bicyclic) bond motifs is 1. The molecule has 156 valence electrons. The highest BCUT2D eigenvalue weighted by molar-refractivity contribution is 7.98. The maximum absolute atomic E-state index is 13.3. The Bertz CT molecular complexity index is 1330. The van der Waals surface area contributed by atoms with Crippen LogP contribution in [0.25, 0.3) is 5.65 Å². The van der Waals surface area contributed by atoms with Gasteiger partial charge in [0.2, 0.25) is 0 Å². The van der Waals surface area contributed by atoms with Crippen molar-refractivity contribution >= 4 is 46.4 Å². The van der Waals surface area contributed by atoms with Crippen LogP contribution in [0.1, 0.15) is 5.69 Å². The second kappa shape index (κ2) is 9.20. The summed E-state index contributed by atoms with van der Waals surface area (Å²) in [5.74, 6) is -0.106. The largest absolute Gasteiger partial charge is 0.323 e. The number of rotatable bonds is 5. The summed E-state index contributed by atoms with van der Waals surface area (Å²) in [7, 11) is 0. The highest BCUT2D eigenvalue weighted by Gasteiger charge is 2.10. The van der Waals surface area contributed by atoms with Crippen molar-refractivity contribution in [3.63, 3.8) is 0 Å². The van der Waals surface area contributed by atoms with Gasteiger partial charge in [0, 0.05) is 28.6 Å². The SMILES string of the molecule is O=C(Nc1ccc(F)c(Cl)c1)Nc1ccccc1SCc1cc(=O)n2ccccc2n1. The molecule has 6 nitrogen and oxygen atoms in total. The molecule has 0 aliphatic rings. The summed E-state index contributed by atoms with van der Waals surface area (Å²) in [5.41, 5.74) is 2.03. The smallest absolute Gasteiger partial charge is 0.308 e. The predicted octanol–water partition coefficient (Wildman–Crippen LogP) is 5.42. The second-order valence-electron chi connectivity index (χ2n) is 6.51. The van der Waals surface area contributed by atoms with Gasteiger partial charge in [-0.2, -0.15) is 0 Å². The first-order valence-corrected chi connectivity index (χ1v) is 10.6. The normalized spacial score (nSPS) is 10.8. The fourth-order valence-corrected chi connectivity index (χ4v) is 3.96. The third kappa shape index (κ3) is 5.04. The Morgan fingerprint density at radius 3 is 2.71 bits per heavy atom. The summed E-state index contributed by atoms with van der Waals surface area (Å²) in [6.45, 7) is 0. The number of hydrogen-bond acceptors (Lipinski definition) is 4. The van der Waals surface area contributed by atoms with Crippen LogP contribution in [0.2, 0.25) is 5.02 Å². The van der Waals surface area contributed by atoms with Gasteiger partial charge in [0.15, 0.2) is 0 Å². The number of para-hydroxylation sites is 1. The predicted molar refractivity (Wildman–Crippen MR) is 122 cm³/mol. The molecular weight excluding hydrogens is 439 g/mol. The average Bonchev–Trinajstić information content (AvgIpc) is 2.76. The zero-order chi connectivity index (χ0) is 21.8. The lowest BCUT2D eigenvalue weighted by molar-refractivity contribution is 0.262. The summed E-state index contributed by atoms with van der Waals surface area (Å²) in [4.78, 5) is 30.0.